The van der Waals surface area contributed by atoms with Gasteiger partial charge in [0.1, 0.15) is 0 Å². The van der Waals surface area contributed by atoms with Crippen molar-refractivity contribution in [1.29, 1.82) is 0 Å². The monoisotopic (exact) mass is 172 g/mol. The predicted octanol–water partition coefficient (Wildman–Crippen LogP) is 3.36. The van der Waals surface area contributed by atoms with Gasteiger partial charge in [-0.1, -0.05) is 33.1 Å². The molecule has 0 aromatic heterocycles. The lowest BCUT2D eigenvalue weighted by molar-refractivity contribution is 0.216. The normalized spacial score (nSPS) is 21.5. The molecule has 0 aromatic rings. The molecule has 1 aliphatic carbocycles. The molecule has 1 aliphatic rings. The molecule has 74 valence electrons. The fraction of sp³-hybridized carbons (Fsp3) is 1.00. The molecule has 1 heteroatoms. The van der Waals surface area contributed by atoms with E-state index in [1.54, 1.807) is 13.8 Å². The van der Waals surface area contributed by atoms with E-state index >= 15 is 0 Å². The third kappa shape index (κ3) is 8.06. The van der Waals surface area contributed by atoms with Crippen molar-refractivity contribution in [2.45, 2.75) is 65.9 Å². The highest BCUT2D eigenvalue weighted by Crippen LogP contribution is 2.34. The first-order valence-electron chi connectivity index (χ1n) is 5.12. The summed E-state index contributed by atoms with van der Waals surface area (Å²) < 4.78 is 0. The SMILES string of the molecule is CC(C)O.CC1(C)CCCCC1. The Balaban J connectivity index is 0.000000261. The maximum atomic E-state index is 8.06. The number of rotatable bonds is 0. The maximum absolute atomic E-state index is 8.06. The third-order valence-electron chi connectivity index (χ3n) is 2.21. The minimum absolute atomic E-state index is 0.167. The van der Waals surface area contributed by atoms with Gasteiger partial charge in [-0.05, 0) is 32.1 Å². The summed E-state index contributed by atoms with van der Waals surface area (Å²) >= 11 is 0. The van der Waals surface area contributed by atoms with Crippen LogP contribution in [0.1, 0.15) is 59.8 Å². The average molecular weight is 172 g/mol. The van der Waals surface area contributed by atoms with Crippen LogP contribution in [0.3, 0.4) is 0 Å². The smallest absolute Gasteiger partial charge is 0.0483 e. The van der Waals surface area contributed by atoms with Gasteiger partial charge in [-0.25, -0.2) is 0 Å². The summed E-state index contributed by atoms with van der Waals surface area (Å²) in [5, 5.41) is 8.06. The molecule has 1 nitrogen and oxygen atoms in total. The van der Waals surface area contributed by atoms with Crippen LogP contribution in [-0.4, -0.2) is 11.2 Å². The zero-order valence-corrected chi connectivity index (χ0v) is 9.06. The fourth-order valence-electron chi connectivity index (χ4n) is 1.51. The second-order valence-electron chi connectivity index (χ2n) is 4.82. The lowest BCUT2D eigenvalue weighted by Gasteiger charge is -2.28. The van der Waals surface area contributed by atoms with Crippen molar-refractivity contribution in [1.82, 2.24) is 0 Å². The highest BCUT2D eigenvalue weighted by Gasteiger charge is 2.19. The third-order valence-corrected chi connectivity index (χ3v) is 2.21. The molecule has 0 spiro atoms. The van der Waals surface area contributed by atoms with Gasteiger partial charge in [0, 0.05) is 6.10 Å². The van der Waals surface area contributed by atoms with Crippen LogP contribution >= 0.6 is 0 Å². The molecule has 1 N–H and O–H groups in total. The minimum Gasteiger partial charge on any atom is -0.394 e. The molecule has 0 bridgehead atoms. The molecular formula is C11H24O. The van der Waals surface area contributed by atoms with E-state index in [9.17, 15) is 0 Å². The van der Waals surface area contributed by atoms with E-state index in [0.29, 0.717) is 5.41 Å². The van der Waals surface area contributed by atoms with Crippen molar-refractivity contribution in [3.8, 4) is 0 Å². The second kappa shape index (κ2) is 5.58. The number of hydrogen-bond acceptors (Lipinski definition) is 1. The van der Waals surface area contributed by atoms with Gasteiger partial charge in [-0.2, -0.15) is 0 Å². The molecule has 0 radical (unpaired) electrons. The highest BCUT2D eigenvalue weighted by molar-refractivity contribution is 4.72. The van der Waals surface area contributed by atoms with E-state index < -0.39 is 0 Å². The van der Waals surface area contributed by atoms with E-state index in [0.717, 1.165) is 0 Å². The van der Waals surface area contributed by atoms with Crippen LogP contribution in [0, 0.1) is 5.41 Å². The first-order chi connectivity index (χ1) is 5.44. The molecule has 0 heterocycles. The summed E-state index contributed by atoms with van der Waals surface area (Å²) in [5.74, 6) is 0. The molecular weight excluding hydrogens is 148 g/mol. The Hall–Kier alpha value is -0.0400. The van der Waals surface area contributed by atoms with Crippen LogP contribution in [0.25, 0.3) is 0 Å². The van der Waals surface area contributed by atoms with E-state index in [4.69, 9.17) is 5.11 Å². The highest BCUT2D eigenvalue weighted by atomic mass is 16.3. The maximum Gasteiger partial charge on any atom is 0.0483 e. The molecule has 0 atom stereocenters. The molecule has 0 aliphatic heterocycles. The quantitative estimate of drug-likeness (QED) is 0.594. The molecule has 1 fully saturated rings. The second-order valence-corrected chi connectivity index (χ2v) is 4.82. The number of aliphatic hydroxyl groups is 1. The Labute approximate surface area is 77.2 Å². The zero-order valence-electron chi connectivity index (χ0n) is 9.06. The Bertz CT molecular complexity index is 94.8. The summed E-state index contributed by atoms with van der Waals surface area (Å²) in [6.45, 7) is 8.21. The Morgan fingerprint density at radius 3 is 1.50 bits per heavy atom. The first-order valence-corrected chi connectivity index (χ1v) is 5.12. The lowest BCUT2D eigenvalue weighted by Crippen LogP contribution is -2.14. The number of hydrogen-bond donors (Lipinski definition) is 1. The summed E-state index contributed by atoms with van der Waals surface area (Å²) in [4.78, 5) is 0. The van der Waals surface area contributed by atoms with Crippen molar-refractivity contribution < 1.29 is 5.11 Å². The zero-order chi connectivity index (χ0) is 9.61. The van der Waals surface area contributed by atoms with Crippen molar-refractivity contribution in [3.05, 3.63) is 0 Å². The van der Waals surface area contributed by atoms with Gasteiger partial charge in [0.05, 0.1) is 0 Å². The van der Waals surface area contributed by atoms with E-state index in [1.165, 1.54) is 32.1 Å². The van der Waals surface area contributed by atoms with Gasteiger partial charge in [0.2, 0.25) is 0 Å². The molecule has 1 rings (SSSR count). The van der Waals surface area contributed by atoms with Crippen LogP contribution in [0.15, 0.2) is 0 Å². The summed E-state index contributed by atoms with van der Waals surface area (Å²) in [6.07, 6.45) is 7.14. The topological polar surface area (TPSA) is 20.2 Å². The molecule has 12 heavy (non-hydrogen) atoms. The first kappa shape index (κ1) is 12.0. The fourth-order valence-corrected chi connectivity index (χ4v) is 1.51. The van der Waals surface area contributed by atoms with Crippen molar-refractivity contribution >= 4 is 0 Å². The summed E-state index contributed by atoms with van der Waals surface area (Å²) in [6, 6.07) is 0. The standard InChI is InChI=1S/C8H16.C3H8O/c1-8(2)6-4-3-5-7-8;1-3(2)4/h3-7H2,1-2H3;3-4H,1-2H3. The Kier molecular flexibility index (Phi) is 5.56. The molecule has 0 saturated heterocycles. The van der Waals surface area contributed by atoms with E-state index in [-0.39, 0.29) is 6.10 Å². The van der Waals surface area contributed by atoms with E-state index in [1.807, 2.05) is 0 Å². The lowest BCUT2D eigenvalue weighted by atomic mass is 9.78. The molecule has 0 amide bonds. The van der Waals surface area contributed by atoms with Crippen LogP contribution in [0.2, 0.25) is 0 Å². The van der Waals surface area contributed by atoms with Crippen LogP contribution < -0.4 is 0 Å². The molecule has 1 saturated carbocycles. The molecule has 0 unspecified atom stereocenters. The van der Waals surface area contributed by atoms with Gasteiger partial charge in [-0.15, -0.1) is 0 Å². The van der Waals surface area contributed by atoms with Gasteiger partial charge in [0.15, 0.2) is 0 Å². The average Bonchev–Trinajstić information content (AvgIpc) is 1.85. The van der Waals surface area contributed by atoms with Gasteiger partial charge in [-0.3, -0.25) is 0 Å². The van der Waals surface area contributed by atoms with Crippen molar-refractivity contribution in [2.24, 2.45) is 5.41 Å². The summed E-state index contributed by atoms with van der Waals surface area (Å²) in [5.41, 5.74) is 0.679. The number of aliphatic hydroxyl groups excluding tert-OH is 1. The molecule has 0 aromatic carbocycles. The predicted molar refractivity (Wildman–Crippen MR) is 54.2 cm³/mol. The van der Waals surface area contributed by atoms with Gasteiger partial charge >= 0.3 is 0 Å². The largest absolute Gasteiger partial charge is 0.394 e. The van der Waals surface area contributed by atoms with Gasteiger partial charge < -0.3 is 5.11 Å². The van der Waals surface area contributed by atoms with Crippen molar-refractivity contribution in [2.75, 3.05) is 0 Å². The van der Waals surface area contributed by atoms with E-state index in [2.05, 4.69) is 13.8 Å². The summed E-state index contributed by atoms with van der Waals surface area (Å²) in [7, 11) is 0. The van der Waals surface area contributed by atoms with Crippen LogP contribution in [0.4, 0.5) is 0 Å². The minimum atomic E-state index is -0.167. The van der Waals surface area contributed by atoms with Crippen LogP contribution in [-0.2, 0) is 0 Å². The van der Waals surface area contributed by atoms with Crippen molar-refractivity contribution in [3.63, 3.8) is 0 Å². The van der Waals surface area contributed by atoms with Gasteiger partial charge in [0.25, 0.3) is 0 Å². The Morgan fingerprint density at radius 1 is 1.00 bits per heavy atom. The van der Waals surface area contributed by atoms with Crippen LogP contribution in [0.5, 0.6) is 0 Å². The Morgan fingerprint density at radius 2 is 1.33 bits per heavy atom.